The minimum absolute atomic E-state index is 0.0764. The first-order valence-corrected chi connectivity index (χ1v) is 6.83. The quantitative estimate of drug-likeness (QED) is 0.882. The molecule has 4 nitrogen and oxygen atoms in total. The number of anilines is 2. The van der Waals surface area contributed by atoms with Gasteiger partial charge >= 0.3 is 0 Å². The van der Waals surface area contributed by atoms with Crippen molar-refractivity contribution in [1.82, 2.24) is 0 Å². The molecule has 0 aromatic heterocycles. The molecule has 2 rings (SSSR count). The van der Waals surface area contributed by atoms with E-state index in [0.29, 0.717) is 6.54 Å². The van der Waals surface area contributed by atoms with E-state index in [1.807, 2.05) is 36.4 Å². The van der Waals surface area contributed by atoms with Crippen LogP contribution in [0.4, 0.5) is 11.4 Å². The summed E-state index contributed by atoms with van der Waals surface area (Å²) in [5, 5.41) is 6.12. The van der Waals surface area contributed by atoms with Gasteiger partial charge in [0.15, 0.2) is 0 Å². The summed E-state index contributed by atoms with van der Waals surface area (Å²) < 4.78 is 5.37. The second-order valence-electron chi connectivity index (χ2n) is 4.93. The van der Waals surface area contributed by atoms with E-state index in [-0.39, 0.29) is 5.91 Å². The van der Waals surface area contributed by atoms with Crippen molar-refractivity contribution in [3.8, 4) is 5.75 Å². The minimum atomic E-state index is -0.0764. The largest absolute Gasteiger partial charge is 0.496 e. The Kier molecular flexibility index (Phi) is 4.82. The lowest BCUT2D eigenvalue weighted by Crippen LogP contribution is -2.06. The summed E-state index contributed by atoms with van der Waals surface area (Å²) in [6, 6.07) is 13.7. The zero-order valence-electron chi connectivity index (χ0n) is 12.6. The van der Waals surface area contributed by atoms with E-state index in [4.69, 9.17) is 4.74 Å². The SMILES string of the molecule is COc1ccc(C)cc1CNc1cccc(NC(C)=O)c1. The number of aryl methyl sites for hydroxylation is 1. The molecule has 0 saturated carbocycles. The summed E-state index contributed by atoms with van der Waals surface area (Å²) in [7, 11) is 1.67. The second kappa shape index (κ2) is 6.79. The van der Waals surface area contributed by atoms with Crippen LogP contribution in [0.25, 0.3) is 0 Å². The van der Waals surface area contributed by atoms with Crippen LogP contribution in [0.5, 0.6) is 5.75 Å². The van der Waals surface area contributed by atoms with Gasteiger partial charge < -0.3 is 15.4 Å². The summed E-state index contributed by atoms with van der Waals surface area (Å²) in [5.74, 6) is 0.790. The van der Waals surface area contributed by atoms with Crippen molar-refractivity contribution in [3.63, 3.8) is 0 Å². The third-order valence-electron chi connectivity index (χ3n) is 3.10. The van der Waals surface area contributed by atoms with Gasteiger partial charge in [0, 0.05) is 30.4 Å². The maximum absolute atomic E-state index is 11.1. The molecule has 21 heavy (non-hydrogen) atoms. The lowest BCUT2D eigenvalue weighted by molar-refractivity contribution is -0.114. The molecule has 0 aliphatic rings. The molecule has 0 aliphatic carbocycles. The average molecular weight is 284 g/mol. The Balaban J connectivity index is 2.09. The van der Waals surface area contributed by atoms with Gasteiger partial charge in [0.2, 0.25) is 5.91 Å². The Morgan fingerprint density at radius 3 is 2.62 bits per heavy atom. The first-order valence-electron chi connectivity index (χ1n) is 6.83. The number of methoxy groups -OCH3 is 1. The summed E-state index contributed by atoms with van der Waals surface area (Å²) >= 11 is 0. The predicted octanol–water partition coefficient (Wildman–Crippen LogP) is 3.57. The van der Waals surface area contributed by atoms with Gasteiger partial charge in [-0.2, -0.15) is 0 Å². The topological polar surface area (TPSA) is 50.4 Å². The van der Waals surface area contributed by atoms with Crippen molar-refractivity contribution < 1.29 is 9.53 Å². The Hall–Kier alpha value is -2.49. The highest BCUT2D eigenvalue weighted by Gasteiger charge is 2.04. The number of nitrogens with one attached hydrogen (secondary N) is 2. The maximum Gasteiger partial charge on any atom is 0.221 e. The summed E-state index contributed by atoms with van der Waals surface area (Å²) in [5.41, 5.74) is 4.02. The highest BCUT2D eigenvalue weighted by molar-refractivity contribution is 5.89. The molecule has 0 saturated heterocycles. The Morgan fingerprint density at radius 1 is 1.14 bits per heavy atom. The fraction of sp³-hybridized carbons (Fsp3) is 0.235. The molecule has 0 radical (unpaired) electrons. The molecule has 0 unspecified atom stereocenters. The van der Waals surface area contributed by atoms with E-state index in [1.54, 1.807) is 7.11 Å². The molecule has 4 heteroatoms. The number of hydrogen-bond acceptors (Lipinski definition) is 3. The van der Waals surface area contributed by atoms with Crippen LogP contribution in [0, 0.1) is 6.92 Å². The number of benzene rings is 2. The molecule has 0 spiro atoms. The molecule has 0 heterocycles. The zero-order valence-corrected chi connectivity index (χ0v) is 12.6. The molecule has 2 aromatic carbocycles. The molecule has 0 atom stereocenters. The fourth-order valence-corrected chi connectivity index (χ4v) is 2.15. The number of rotatable bonds is 5. The van der Waals surface area contributed by atoms with Crippen LogP contribution >= 0.6 is 0 Å². The van der Waals surface area contributed by atoms with Crippen LogP contribution in [-0.4, -0.2) is 13.0 Å². The molecule has 110 valence electrons. The summed E-state index contributed by atoms with van der Waals surface area (Å²) in [4.78, 5) is 11.1. The predicted molar refractivity (Wildman–Crippen MR) is 85.8 cm³/mol. The molecule has 2 N–H and O–H groups in total. The molecule has 0 fully saturated rings. The van der Waals surface area contributed by atoms with Crippen LogP contribution in [0.2, 0.25) is 0 Å². The van der Waals surface area contributed by atoms with Crippen molar-refractivity contribution in [2.45, 2.75) is 20.4 Å². The number of ether oxygens (including phenoxy) is 1. The van der Waals surface area contributed by atoms with Crippen molar-refractivity contribution in [1.29, 1.82) is 0 Å². The fourth-order valence-electron chi connectivity index (χ4n) is 2.15. The van der Waals surface area contributed by atoms with E-state index in [9.17, 15) is 4.79 Å². The molecule has 0 bridgehead atoms. The zero-order chi connectivity index (χ0) is 15.2. The molecule has 2 aromatic rings. The maximum atomic E-state index is 11.1. The van der Waals surface area contributed by atoms with Gasteiger partial charge in [-0.1, -0.05) is 23.8 Å². The van der Waals surface area contributed by atoms with Crippen LogP contribution in [-0.2, 0) is 11.3 Å². The lowest BCUT2D eigenvalue weighted by Gasteiger charge is -2.12. The highest BCUT2D eigenvalue weighted by atomic mass is 16.5. The summed E-state index contributed by atoms with van der Waals surface area (Å²) in [6.45, 7) is 4.21. The van der Waals surface area contributed by atoms with Crippen LogP contribution in [0.15, 0.2) is 42.5 Å². The number of carbonyl (C=O) groups is 1. The second-order valence-corrected chi connectivity index (χ2v) is 4.93. The van der Waals surface area contributed by atoms with E-state index in [0.717, 1.165) is 22.7 Å². The third kappa shape index (κ3) is 4.24. The van der Waals surface area contributed by atoms with Gasteiger partial charge in [-0.05, 0) is 31.2 Å². The lowest BCUT2D eigenvalue weighted by atomic mass is 10.1. The smallest absolute Gasteiger partial charge is 0.221 e. The number of hydrogen-bond donors (Lipinski definition) is 2. The Labute approximate surface area is 125 Å². The van der Waals surface area contributed by atoms with Crippen molar-refractivity contribution in [2.24, 2.45) is 0 Å². The van der Waals surface area contributed by atoms with Gasteiger partial charge in [0.25, 0.3) is 0 Å². The molecular weight excluding hydrogens is 264 g/mol. The van der Waals surface area contributed by atoms with E-state index in [2.05, 4.69) is 23.6 Å². The van der Waals surface area contributed by atoms with Crippen LogP contribution < -0.4 is 15.4 Å². The minimum Gasteiger partial charge on any atom is -0.496 e. The van der Waals surface area contributed by atoms with Gasteiger partial charge in [-0.15, -0.1) is 0 Å². The summed E-state index contributed by atoms with van der Waals surface area (Å²) in [6.07, 6.45) is 0. The van der Waals surface area contributed by atoms with Gasteiger partial charge in [0.1, 0.15) is 5.75 Å². The van der Waals surface area contributed by atoms with Crippen molar-refractivity contribution in [2.75, 3.05) is 17.7 Å². The average Bonchev–Trinajstić information content (AvgIpc) is 2.45. The Morgan fingerprint density at radius 2 is 1.90 bits per heavy atom. The van der Waals surface area contributed by atoms with Gasteiger partial charge in [-0.25, -0.2) is 0 Å². The van der Waals surface area contributed by atoms with Crippen molar-refractivity contribution >= 4 is 17.3 Å². The van der Waals surface area contributed by atoms with Gasteiger partial charge in [-0.3, -0.25) is 4.79 Å². The molecule has 0 aliphatic heterocycles. The highest BCUT2D eigenvalue weighted by Crippen LogP contribution is 2.22. The van der Waals surface area contributed by atoms with E-state index in [1.165, 1.54) is 12.5 Å². The van der Waals surface area contributed by atoms with E-state index >= 15 is 0 Å². The standard InChI is InChI=1S/C17H20N2O2/c1-12-7-8-17(21-3)14(9-12)11-18-15-5-4-6-16(10-15)19-13(2)20/h4-10,18H,11H2,1-3H3,(H,19,20). The Bertz CT molecular complexity index is 638. The van der Waals surface area contributed by atoms with Gasteiger partial charge in [0.05, 0.1) is 7.11 Å². The third-order valence-corrected chi connectivity index (χ3v) is 3.10. The molecular formula is C17H20N2O2. The molecule has 1 amide bonds. The van der Waals surface area contributed by atoms with Crippen molar-refractivity contribution in [3.05, 3.63) is 53.6 Å². The first-order chi connectivity index (χ1) is 10.1. The number of carbonyl (C=O) groups excluding carboxylic acids is 1. The van der Waals surface area contributed by atoms with E-state index < -0.39 is 0 Å². The number of amides is 1. The van der Waals surface area contributed by atoms with Crippen LogP contribution in [0.3, 0.4) is 0 Å². The monoisotopic (exact) mass is 284 g/mol. The normalized spacial score (nSPS) is 10.0. The first kappa shape index (κ1) is 14.9. The van der Waals surface area contributed by atoms with Crippen LogP contribution in [0.1, 0.15) is 18.1 Å².